The van der Waals surface area contributed by atoms with Crippen molar-refractivity contribution in [1.29, 1.82) is 0 Å². The molecule has 29 heavy (non-hydrogen) atoms. The standard InChI is InChI=1S/C21H21ClN2O3S2/c22-16-5-2-13(3-6-16)12-24-19-8-7-17(11-20(19)28-21(24)25)29(26,27)23-18-10-14-1-4-15(18)9-14/h2-3,5-8,11,14-15,18,23H,1,4,9-10,12H2/t14-,15+,18-/m0/s1. The molecule has 2 aromatic carbocycles. The first-order valence-corrected chi connectivity index (χ1v) is 12.5. The summed E-state index contributed by atoms with van der Waals surface area (Å²) in [4.78, 5) is 12.6. The number of nitrogens with one attached hydrogen (secondary N) is 1. The van der Waals surface area contributed by atoms with Crippen molar-refractivity contribution in [3.05, 3.63) is 62.7 Å². The van der Waals surface area contributed by atoms with Crippen molar-refractivity contribution in [2.75, 3.05) is 0 Å². The Labute approximate surface area is 178 Å². The Morgan fingerprint density at radius 1 is 1.10 bits per heavy atom. The van der Waals surface area contributed by atoms with Gasteiger partial charge in [-0.05, 0) is 67.0 Å². The summed E-state index contributed by atoms with van der Waals surface area (Å²) in [5.74, 6) is 1.14. The molecule has 3 aromatic rings. The van der Waals surface area contributed by atoms with Crippen LogP contribution in [0, 0.1) is 11.8 Å². The maximum absolute atomic E-state index is 12.9. The van der Waals surface area contributed by atoms with Gasteiger partial charge in [-0.3, -0.25) is 9.36 Å². The second kappa shape index (κ2) is 7.23. The molecule has 5 nitrogen and oxygen atoms in total. The zero-order valence-electron chi connectivity index (χ0n) is 15.7. The summed E-state index contributed by atoms with van der Waals surface area (Å²) >= 11 is 7.01. The largest absolute Gasteiger partial charge is 0.308 e. The van der Waals surface area contributed by atoms with Crippen LogP contribution in [-0.4, -0.2) is 19.0 Å². The van der Waals surface area contributed by atoms with Gasteiger partial charge >= 0.3 is 4.87 Å². The van der Waals surface area contributed by atoms with Crippen LogP contribution in [0.2, 0.25) is 5.02 Å². The minimum atomic E-state index is -3.59. The van der Waals surface area contributed by atoms with E-state index >= 15 is 0 Å². The Balaban J connectivity index is 1.43. The lowest BCUT2D eigenvalue weighted by Gasteiger charge is -2.22. The number of halogens is 1. The van der Waals surface area contributed by atoms with Gasteiger partial charge in [-0.2, -0.15) is 0 Å². The van der Waals surface area contributed by atoms with Crippen molar-refractivity contribution < 1.29 is 8.42 Å². The monoisotopic (exact) mass is 448 g/mol. The van der Waals surface area contributed by atoms with Crippen molar-refractivity contribution in [2.45, 2.75) is 43.2 Å². The molecular formula is C21H21ClN2O3S2. The van der Waals surface area contributed by atoms with Crippen molar-refractivity contribution in [3.63, 3.8) is 0 Å². The molecule has 0 spiro atoms. The van der Waals surface area contributed by atoms with Gasteiger partial charge in [-0.1, -0.05) is 41.5 Å². The molecule has 0 unspecified atom stereocenters. The SMILES string of the molecule is O=c1sc2cc(S(=O)(=O)N[C@H]3C[C@H]4CC[C@@H]3C4)ccc2n1Cc1ccc(Cl)cc1. The van der Waals surface area contributed by atoms with Gasteiger partial charge in [0.2, 0.25) is 10.0 Å². The van der Waals surface area contributed by atoms with Gasteiger partial charge < -0.3 is 0 Å². The summed E-state index contributed by atoms with van der Waals surface area (Å²) in [7, 11) is -3.59. The first-order valence-electron chi connectivity index (χ1n) is 9.79. The summed E-state index contributed by atoms with van der Waals surface area (Å²) in [6.07, 6.45) is 4.42. The smallest absolute Gasteiger partial charge is 0.294 e. The van der Waals surface area contributed by atoms with Crippen LogP contribution in [0.25, 0.3) is 10.2 Å². The number of rotatable bonds is 5. The van der Waals surface area contributed by atoms with E-state index in [1.54, 1.807) is 34.9 Å². The van der Waals surface area contributed by atoms with E-state index in [1.807, 2.05) is 12.1 Å². The highest BCUT2D eigenvalue weighted by atomic mass is 35.5. The number of benzene rings is 2. The highest BCUT2D eigenvalue weighted by molar-refractivity contribution is 7.89. The van der Waals surface area contributed by atoms with E-state index < -0.39 is 10.0 Å². The molecule has 0 amide bonds. The van der Waals surface area contributed by atoms with E-state index in [2.05, 4.69) is 4.72 Å². The van der Waals surface area contributed by atoms with Crippen LogP contribution in [0.15, 0.2) is 52.2 Å². The van der Waals surface area contributed by atoms with Gasteiger partial charge in [0.05, 0.1) is 21.7 Å². The predicted octanol–water partition coefficient (Wildman–Crippen LogP) is 4.23. The highest BCUT2D eigenvalue weighted by Crippen LogP contribution is 2.44. The van der Waals surface area contributed by atoms with Crippen molar-refractivity contribution in [2.24, 2.45) is 11.8 Å². The van der Waals surface area contributed by atoms with Crippen molar-refractivity contribution >= 4 is 43.2 Å². The summed E-state index contributed by atoms with van der Waals surface area (Å²) < 4.78 is 31.1. The maximum atomic E-state index is 12.9. The molecule has 5 rings (SSSR count). The van der Waals surface area contributed by atoms with Crippen molar-refractivity contribution in [3.8, 4) is 0 Å². The fourth-order valence-electron chi connectivity index (χ4n) is 4.79. The Morgan fingerprint density at radius 3 is 2.59 bits per heavy atom. The van der Waals surface area contributed by atoms with Gasteiger partial charge in [0.1, 0.15) is 0 Å². The molecule has 152 valence electrons. The molecule has 2 aliphatic rings. The Morgan fingerprint density at radius 2 is 1.90 bits per heavy atom. The number of thiazole rings is 1. The van der Waals surface area contributed by atoms with Gasteiger partial charge in [0, 0.05) is 11.1 Å². The summed E-state index contributed by atoms with van der Waals surface area (Å²) in [5.41, 5.74) is 1.71. The first-order chi connectivity index (χ1) is 13.9. The number of fused-ring (bicyclic) bond motifs is 3. The van der Waals surface area contributed by atoms with Crippen LogP contribution in [0.3, 0.4) is 0 Å². The Bertz CT molecular complexity index is 1230. The second-order valence-electron chi connectivity index (χ2n) is 8.11. The van der Waals surface area contributed by atoms with E-state index in [1.165, 1.54) is 6.42 Å². The van der Waals surface area contributed by atoms with E-state index in [4.69, 9.17) is 11.6 Å². The lowest BCUT2D eigenvalue weighted by atomic mass is 9.96. The molecule has 2 fully saturated rings. The van der Waals surface area contributed by atoms with Crippen LogP contribution >= 0.6 is 22.9 Å². The summed E-state index contributed by atoms with van der Waals surface area (Å²) in [6, 6.07) is 12.4. The van der Waals surface area contributed by atoms with Gasteiger partial charge in [-0.15, -0.1) is 0 Å². The van der Waals surface area contributed by atoms with Gasteiger partial charge in [0.15, 0.2) is 0 Å². The topological polar surface area (TPSA) is 68.2 Å². The Hall–Kier alpha value is -1.67. The van der Waals surface area contributed by atoms with Crippen LogP contribution in [0.5, 0.6) is 0 Å². The van der Waals surface area contributed by atoms with Crippen LogP contribution in [0.1, 0.15) is 31.2 Å². The van der Waals surface area contributed by atoms with Crippen LogP contribution in [0.4, 0.5) is 0 Å². The van der Waals surface area contributed by atoms with Crippen molar-refractivity contribution in [1.82, 2.24) is 9.29 Å². The molecule has 2 bridgehead atoms. The molecule has 0 aliphatic heterocycles. The molecule has 0 saturated heterocycles. The molecule has 3 atom stereocenters. The average Bonchev–Trinajstić information content (AvgIpc) is 3.37. The molecule has 2 aliphatic carbocycles. The normalized spacial score (nSPS) is 23.8. The quantitative estimate of drug-likeness (QED) is 0.635. The minimum absolute atomic E-state index is 0.0442. The van der Waals surface area contributed by atoms with E-state index in [0.717, 1.165) is 41.7 Å². The fraction of sp³-hybridized carbons (Fsp3) is 0.381. The number of nitrogens with zero attached hydrogens (tertiary/aromatic N) is 1. The number of aromatic nitrogens is 1. The molecular weight excluding hydrogens is 428 g/mol. The number of hydrogen-bond acceptors (Lipinski definition) is 4. The fourth-order valence-corrected chi connectivity index (χ4v) is 7.27. The van der Waals surface area contributed by atoms with Gasteiger partial charge in [0.25, 0.3) is 0 Å². The summed E-state index contributed by atoms with van der Waals surface area (Å²) in [6.45, 7) is 0.422. The lowest BCUT2D eigenvalue weighted by molar-refractivity contribution is 0.390. The third-order valence-electron chi connectivity index (χ3n) is 6.25. The van der Waals surface area contributed by atoms with E-state index in [9.17, 15) is 13.2 Å². The zero-order chi connectivity index (χ0) is 20.2. The predicted molar refractivity (Wildman–Crippen MR) is 116 cm³/mol. The molecule has 0 radical (unpaired) electrons. The first kappa shape index (κ1) is 19.3. The molecule has 1 heterocycles. The maximum Gasteiger partial charge on any atom is 0.308 e. The molecule has 1 aromatic heterocycles. The minimum Gasteiger partial charge on any atom is -0.294 e. The summed E-state index contributed by atoms with van der Waals surface area (Å²) in [5, 5.41) is 0.647. The van der Waals surface area contributed by atoms with E-state index in [0.29, 0.717) is 28.1 Å². The third-order valence-corrected chi connectivity index (χ3v) is 8.93. The molecule has 2 saturated carbocycles. The van der Waals surface area contributed by atoms with Crippen LogP contribution < -0.4 is 9.60 Å². The highest BCUT2D eigenvalue weighted by Gasteiger charge is 2.41. The Kier molecular flexibility index (Phi) is 4.81. The molecule has 8 heteroatoms. The van der Waals surface area contributed by atoms with E-state index in [-0.39, 0.29) is 15.8 Å². The average molecular weight is 449 g/mol. The third kappa shape index (κ3) is 3.65. The second-order valence-corrected chi connectivity index (χ2v) is 11.3. The number of hydrogen-bond donors (Lipinski definition) is 1. The number of sulfonamides is 1. The molecule has 1 N–H and O–H groups in total. The van der Waals surface area contributed by atoms with Gasteiger partial charge in [-0.25, -0.2) is 13.1 Å². The van der Waals surface area contributed by atoms with Crippen LogP contribution in [-0.2, 0) is 16.6 Å². The lowest BCUT2D eigenvalue weighted by Crippen LogP contribution is -2.38. The zero-order valence-corrected chi connectivity index (χ0v) is 18.1.